The van der Waals surface area contributed by atoms with Crippen LogP contribution in [0.2, 0.25) is 0 Å². The first-order chi connectivity index (χ1) is 9.61. The Balaban J connectivity index is 2.15. The molecule has 102 valence electrons. The van der Waals surface area contributed by atoms with Crippen molar-refractivity contribution in [2.45, 2.75) is 9.92 Å². The number of methoxy groups -OCH3 is 1. The molecule has 0 amide bonds. The summed E-state index contributed by atoms with van der Waals surface area (Å²) in [6.45, 7) is 0. The molecule has 0 aliphatic heterocycles. The van der Waals surface area contributed by atoms with Crippen molar-refractivity contribution in [1.82, 2.24) is 4.98 Å². The van der Waals surface area contributed by atoms with Gasteiger partial charge in [0.2, 0.25) is 9.84 Å². The second-order valence-electron chi connectivity index (χ2n) is 4.40. The second kappa shape index (κ2) is 4.68. The highest BCUT2D eigenvalue weighted by Crippen LogP contribution is 2.26. The largest absolute Gasteiger partial charge is 0.497 e. The van der Waals surface area contributed by atoms with Crippen molar-refractivity contribution in [3.05, 3.63) is 54.6 Å². The zero-order valence-corrected chi connectivity index (χ0v) is 11.6. The highest BCUT2D eigenvalue weighted by Gasteiger charge is 2.19. The number of benzene rings is 2. The lowest BCUT2D eigenvalue weighted by atomic mass is 10.2. The molecular formula is C15H13NO3S. The molecule has 1 aromatic heterocycles. The molecule has 1 heterocycles. The van der Waals surface area contributed by atoms with E-state index in [-0.39, 0.29) is 9.92 Å². The van der Waals surface area contributed by atoms with E-state index in [1.165, 1.54) is 0 Å². The van der Waals surface area contributed by atoms with Gasteiger partial charge in [-0.05, 0) is 30.3 Å². The summed E-state index contributed by atoms with van der Waals surface area (Å²) in [6, 6.07) is 15.4. The van der Waals surface area contributed by atoms with E-state index in [4.69, 9.17) is 4.74 Å². The SMILES string of the molecule is COc1ccc2cc(S(=O)(=O)c3ccccc3)[nH]c2c1. The zero-order chi connectivity index (χ0) is 14.2. The molecule has 0 atom stereocenters. The van der Waals surface area contributed by atoms with E-state index in [1.54, 1.807) is 55.6 Å². The normalized spacial score (nSPS) is 11.7. The Hall–Kier alpha value is -2.27. The fraction of sp³-hybridized carbons (Fsp3) is 0.0667. The Morgan fingerprint density at radius 2 is 1.75 bits per heavy atom. The van der Waals surface area contributed by atoms with Gasteiger partial charge in [0.1, 0.15) is 10.8 Å². The van der Waals surface area contributed by atoms with E-state index in [1.807, 2.05) is 6.07 Å². The number of hydrogen-bond acceptors (Lipinski definition) is 3. The Morgan fingerprint density at radius 3 is 2.45 bits per heavy atom. The minimum Gasteiger partial charge on any atom is -0.497 e. The molecule has 0 unspecified atom stereocenters. The summed E-state index contributed by atoms with van der Waals surface area (Å²) in [5.41, 5.74) is 0.735. The Morgan fingerprint density at radius 1 is 1.00 bits per heavy atom. The van der Waals surface area contributed by atoms with E-state index in [0.717, 1.165) is 10.9 Å². The molecule has 0 aliphatic rings. The molecule has 0 saturated heterocycles. The predicted molar refractivity (Wildman–Crippen MR) is 76.7 cm³/mol. The molecule has 0 fully saturated rings. The number of sulfone groups is 1. The van der Waals surface area contributed by atoms with E-state index in [9.17, 15) is 8.42 Å². The van der Waals surface area contributed by atoms with Gasteiger partial charge in [-0.1, -0.05) is 18.2 Å². The third-order valence-corrected chi connectivity index (χ3v) is 4.84. The van der Waals surface area contributed by atoms with Gasteiger partial charge in [0.15, 0.2) is 0 Å². The summed E-state index contributed by atoms with van der Waals surface area (Å²) in [7, 11) is -1.94. The highest BCUT2D eigenvalue weighted by molar-refractivity contribution is 7.91. The van der Waals surface area contributed by atoms with Crippen LogP contribution in [0.15, 0.2) is 64.5 Å². The molecule has 0 saturated carbocycles. The van der Waals surface area contributed by atoms with Crippen molar-refractivity contribution in [2.75, 3.05) is 7.11 Å². The van der Waals surface area contributed by atoms with Crippen LogP contribution in [0.25, 0.3) is 10.9 Å². The Bertz CT molecular complexity index is 851. The molecule has 0 radical (unpaired) electrons. The molecule has 0 aliphatic carbocycles. The third kappa shape index (κ3) is 2.06. The number of H-pyrrole nitrogens is 1. The van der Waals surface area contributed by atoms with Crippen molar-refractivity contribution in [3.8, 4) is 5.75 Å². The molecule has 20 heavy (non-hydrogen) atoms. The topological polar surface area (TPSA) is 59.2 Å². The Kier molecular flexibility index (Phi) is 2.99. The number of aromatic nitrogens is 1. The zero-order valence-electron chi connectivity index (χ0n) is 10.8. The first-order valence-electron chi connectivity index (χ1n) is 6.08. The van der Waals surface area contributed by atoms with Crippen molar-refractivity contribution >= 4 is 20.7 Å². The van der Waals surface area contributed by atoms with E-state index in [2.05, 4.69) is 4.98 Å². The number of hydrogen-bond donors (Lipinski definition) is 1. The van der Waals surface area contributed by atoms with Crippen LogP contribution in [0.5, 0.6) is 5.75 Å². The van der Waals surface area contributed by atoms with Crippen LogP contribution in [0, 0.1) is 0 Å². The van der Waals surface area contributed by atoms with Crippen molar-refractivity contribution in [2.24, 2.45) is 0 Å². The maximum absolute atomic E-state index is 12.5. The molecule has 0 bridgehead atoms. The average Bonchev–Trinajstić information content (AvgIpc) is 2.91. The minimum atomic E-state index is -3.52. The van der Waals surface area contributed by atoms with Gasteiger partial charge in [-0.3, -0.25) is 0 Å². The van der Waals surface area contributed by atoms with Gasteiger partial charge in [-0.25, -0.2) is 8.42 Å². The standard InChI is InChI=1S/C15H13NO3S/c1-19-12-8-7-11-9-15(16-14(11)10-12)20(17,18)13-5-3-2-4-6-13/h2-10,16H,1H3. The van der Waals surface area contributed by atoms with Crippen molar-refractivity contribution in [1.29, 1.82) is 0 Å². The minimum absolute atomic E-state index is 0.187. The summed E-state index contributed by atoms with van der Waals surface area (Å²) in [5, 5.41) is 1.02. The van der Waals surface area contributed by atoms with E-state index in [0.29, 0.717) is 5.75 Å². The lowest BCUT2D eigenvalue weighted by molar-refractivity contribution is 0.415. The van der Waals surface area contributed by atoms with E-state index >= 15 is 0 Å². The summed E-state index contributed by atoms with van der Waals surface area (Å²) >= 11 is 0. The number of nitrogens with one attached hydrogen (secondary N) is 1. The molecule has 4 nitrogen and oxygen atoms in total. The fourth-order valence-corrected chi connectivity index (χ4v) is 3.37. The molecular weight excluding hydrogens is 274 g/mol. The lowest BCUT2D eigenvalue weighted by Crippen LogP contribution is -2.01. The third-order valence-electron chi connectivity index (χ3n) is 3.15. The van der Waals surface area contributed by atoms with Crippen LogP contribution in [0.4, 0.5) is 0 Å². The van der Waals surface area contributed by atoms with Crippen LogP contribution in [-0.4, -0.2) is 20.5 Å². The van der Waals surface area contributed by atoms with Gasteiger partial charge in [-0.2, -0.15) is 0 Å². The lowest BCUT2D eigenvalue weighted by Gasteiger charge is -2.00. The number of ether oxygens (including phenoxy) is 1. The number of rotatable bonds is 3. The van der Waals surface area contributed by atoms with Crippen LogP contribution in [-0.2, 0) is 9.84 Å². The average molecular weight is 287 g/mol. The molecule has 0 spiro atoms. The summed E-state index contributed by atoms with van der Waals surface area (Å²) < 4.78 is 30.1. The first-order valence-corrected chi connectivity index (χ1v) is 7.56. The fourth-order valence-electron chi connectivity index (χ4n) is 2.08. The van der Waals surface area contributed by atoms with Crippen molar-refractivity contribution in [3.63, 3.8) is 0 Å². The molecule has 2 aromatic carbocycles. The van der Waals surface area contributed by atoms with Crippen LogP contribution in [0.1, 0.15) is 0 Å². The van der Waals surface area contributed by atoms with Gasteiger partial charge in [0.05, 0.1) is 17.5 Å². The molecule has 1 N–H and O–H groups in total. The van der Waals surface area contributed by atoms with Crippen molar-refractivity contribution < 1.29 is 13.2 Å². The first kappa shape index (κ1) is 12.7. The summed E-state index contributed by atoms with van der Waals surface area (Å²) in [4.78, 5) is 3.22. The van der Waals surface area contributed by atoms with Gasteiger partial charge in [0.25, 0.3) is 0 Å². The highest BCUT2D eigenvalue weighted by atomic mass is 32.2. The quantitative estimate of drug-likeness (QED) is 0.805. The maximum Gasteiger partial charge on any atom is 0.221 e. The number of aromatic amines is 1. The van der Waals surface area contributed by atoms with E-state index < -0.39 is 9.84 Å². The number of fused-ring (bicyclic) bond motifs is 1. The smallest absolute Gasteiger partial charge is 0.221 e. The predicted octanol–water partition coefficient (Wildman–Crippen LogP) is 3.01. The monoisotopic (exact) mass is 287 g/mol. The van der Waals surface area contributed by atoms with Gasteiger partial charge in [0, 0.05) is 11.5 Å². The molecule has 3 rings (SSSR count). The van der Waals surface area contributed by atoms with Crippen LogP contribution >= 0.6 is 0 Å². The van der Waals surface area contributed by atoms with Gasteiger partial charge in [-0.15, -0.1) is 0 Å². The molecule has 3 aromatic rings. The van der Waals surface area contributed by atoms with Crippen LogP contribution < -0.4 is 4.74 Å². The summed E-state index contributed by atoms with van der Waals surface area (Å²) in [6.07, 6.45) is 0. The van der Waals surface area contributed by atoms with Crippen LogP contribution in [0.3, 0.4) is 0 Å². The Labute approximate surface area is 116 Å². The maximum atomic E-state index is 12.5. The van der Waals surface area contributed by atoms with Gasteiger partial charge >= 0.3 is 0 Å². The molecule has 5 heteroatoms. The second-order valence-corrected chi connectivity index (χ2v) is 6.32. The van der Waals surface area contributed by atoms with Gasteiger partial charge < -0.3 is 9.72 Å². The summed E-state index contributed by atoms with van der Waals surface area (Å²) in [5.74, 6) is 0.683.